The lowest BCUT2D eigenvalue weighted by Gasteiger charge is -2.37. The van der Waals surface area contributed by atoms with Crippen LogP contribution in [0.2, 0.25) is 0 Å². The van der Waals surface area contributed by atoms with E-state index in [9.17, 15) is 9.59 Å². The molecule has 0 fully saturated rings. The number of dihydropyridines is 1. The highest BCUT2D eigenvalue weighted by molar-refractivity contribution is 6.04. The molecule has 3 aliphatic rings. The van der Waals surface area contributed by atoms with Crippen molar-refractivity contribution in [2.75, 3.05) is 6.79 Å². The number of nitrogens with one attached hydrogen (secondary N) is 1. The predicted octanol–water partition coefficient (Wildman–Crippen LogP) is 5.12. The van der Waals surface area contributed by atoms with Gasteiger partial charge in [-0.15, -0.1) is 0 Å². The Balaban J connectivity index is 1.59. The highest BCUT2D eigenvalue weighted by atomic mass is 16.7. The molecule has 34 heavy (non-hydrogen) atoms. The molecule has 2 heterocycles. The number of fused-ring (bicyclic) bond motifs is 1. The minimum atomic E-state index is -0.522. The minimum Gasteiger partial charge on any atom is -0.459 e. The van der Waals surface area contributed by atoms with Crippen molar-refractivity contribution in [3.8, 4) is 11.5 Å². The van der Waals surface area contributed by atoms with E-state index >= 15 is 0 Å². The number of esters is 1. The SMILES string of the molecule is CC[C@H](C)OC(=O)C1=C(C)NC2=C(C(=O)C[C@@H](c3ccccc3)C2)[C@@H]1c1ccc2c(c1)OCO2. The number of Topliss-reactive ketones (excluding diaryl/α,β-unsaturated/α-hetero) is 1. The van der Waals surface area contributed by atoms with Gasteiger partial charge in [0.25, 0.3) is 0 Å². The van der Waals surface area contributed by atoms with Gasteiger partial charge in [-0.1, -0.05) is 43.3 Å². The molecule has 2 aromatic carbocycles. The Morgan fingerprint density at radius 3 is 2.62 bits per heavy atom. The van der Waals surface area contributed by atoms with Crippen LogP contribution in [0.15, 0.2) is 71.1 Å². The normalized spacial score (nSPS) is 22.3. The molecule has 5 rings (SSSR count). The fraction of sp³-hybridized carbons (Fsp3) is 0.357. The van der Waals surface area contributed by atoms with Crippen molar-refractivity contribution in [1.29, 1.82) is 0 Å². The molecule has 0 bridgehead atoms. The average Bonchev–Trinajstić information content (AvgIpc) is 3.31. The van der Waals surface area contributed by atoms with Crippen LogP contribution in [-0.4, -0.2) is 24.6 Å². The van der Waals surface area contributed by atoms with Crippen LogP contribution in [0.4, 0.5) is 0 Å². The molecule has 176 valence electrons. The van der Waals surface area contributed by atoms with E-state index in [1.807, 2.05) is 57.2 Å². The van der Waals surface area contributed by atoms with Gasteiger partial charge < -0.3 is 19.5 Å². The zero-order valence-corrected chi connectivity index (χ0v) is 19.7. The number of ketones is 1. The van der Waals surface area contributed by atoms with Crippen molar-refractivity contribution in [3.63, 3.8) is 0 Å². The average molecular weight is 460 g/mol. The van der Waals surface area contributed by atoms with Gasteiger partial charge >= 0.3 is 5.97 Å². The summed E-state index contributed by atoms with van der Waals surface area (Å²) >= 11 is 0. The third-order valence-corrected chi connectivity index (χ3v) is 6.93. The first-order valence-electron chi connectivity index (χ1n) is 11.9. The Hall–Kier alpha value is -3.54. The maximum atomic E-state index is 13.7. The van der Waals surface area contributed by atoms with Gasteiger partial charge in [0.05, 0.1) is 11.7 Å². The highest BCUT2D eigenvalue weighted by Crippen LogP contribution is 2.47. The topological polar surface area (TPSA) is 73.9 Å². The minimum absolute atomic E-state index is 0.0478. The zero-order valence-electron chi connectivity index (χ0n) is 19.7. The quantitative estimate of drug-likeness (QED) is 0.626. The number of benzene rings is 2. The first kappa shape index (κ1) is 22.3. The number of ether oxygens (including phenoxy) is 3. The highest BCUT2D eigenvalue weighted by Gasteiger charge is 2.42. The fourth-order valence-electron chi connectivity index (χ4n) is 5.03. The van der Waals surface area contributed by atoms with E-state index in [0.29, 0.717) is 41.9 Å². The van der Waals surface area contributed by atoms with E-state index in [1.54, 1.807) is 0 Å². The molecule has 1 aliphatic carbocycles. The third kappa shape index (κ3) is 3.98. The molecule has 3 atom stereocenters. The Morgan fingerprint density at radius 2 is 1.85 bits per heavy atom. The molecular formula is C28H29NO5. The van der Waals surface area contributed by atoms with E-state index in [1.165, 1.54) is 0 Å². The molecule has 0 saturated carbocycles. The van der Waals surface area contributed by atoms with Crippen molar-refractivity contribution in [1.82, 2.24) is 5.32 Å². The molecule has 0 unspecified atom stereocenters. The summed E-state index contributed by atoms with van der Waals surface area (Å²) in [5.41, 5.74) is 4.69. The molecule has 2 aliphatic heterocycles. The Morgan fingerprint density at radius 1 is 1.09 bits per heavy atom. The molecule has 0 amide bonds. The second-order valence-electron chi connectivity index (χ2n) is 9.16. The van der Waals surface area contributed by atoms with E-state index in [-0.39, 0.29) is 24.6 Å². The van der Waals surface area contributed by atoms with E-state index in [0.717, 1.165) is 22.5 Å². The fourth-order valence-corrected chi connectivity index (χ4v) is 5.03. The predicted molar refractivity (Wildman–Crippen MR) is 127 cm³/mol. The van der Waals surface area contributed by atoms with Gasteiger partial charge in [-0.2, -0.15) is 0 Å². The van der Waals surface area contributed by atoms with Gasteiger partial charge in [0.2, 0.25) is 6.79 Å². The summed E-state index contributed by atoms with van der Waals surface area (Å²) in [7, 11) is 0. The van der Waals surface area contributed by atoms with E-state index < -0.39 is 11.9 Å². The summed E-state index contributed by atoms with van der Waals surface area (Å²) in [6.45, 7) is 5.89. The second-order valence-corrected chi connectivity index (χ2v) is 9.16. The first-order valence-corrected chi connectivity index (χ1v) is 11.9. The van der Waals surface area contributed by atoms with Gasteiger partial charge in [-0.25, -0.2) is 4.79 Å². The summed E-state index contributed by atoms with van der Waals surface area (Å²) in [5, 5.41) is 3.40. The Kier molecular flexibility index (Phi) is 5.90. The molecule has 2 aromatic rings. The van der Waals surface area contributed by atoms with Crippen LogP contribution < -0.4 is 14.8 Å². The number of hydrogen-bond donors (Lipinski definition) is 1. The molecule has 0 aromatic heterocycles. The van der Waals surface area contributed by atoms with Crippen molar-refractivity contribution < 1.29 is 23.8 Å². The monoisotopic (exact) mass is 459 g/mol. The molecular weight excluding hydrogens is 430 g/mol. The van der Waals surface area contributed by atoms with Gasteiger partial charge in [0.1, 0.15) is 0 Å². The standard InChI is InChI=1S/C28H29NO5/c1-4-16(2)34-28(31)25-17(3)29-21-12-20(18-8-6-5-7-9-18)13-22(30)27(21)26(25)19-10-11-23-24(14-19)33-15-32-23/h5-11,14,16,20,26,29H,4,12-13,15H2,1-3H3/t16-,20-,26+/m0/s1. The second kappa shape index (κ2) is 9.01. The summed E-state index contributed by atoms with van der Waals surface area (Å²) < 4.78 is 16.8. The summed E-state index contributed by atoms with van der Waals surface area (Å²) in [6.07, 6.45) is 1.60. The maximum Gasteiger partial charge on any atom is 0.337 e. The summed E-state index contributed by atoms with van der Waals surface area (Å²) in [4.78, 5) is 27.0. The van der Waals surface area contributed by atoms with Crippen molar-refractivity contribution in [2.24, 2.45) is 0 Å². The van der Waals surface area contributed by atoms with E-state index in [2.05, 4.69) is 17.4 Å². The molecule has 0 spiro atoms. The molecule has 6 heteroatoms. The van der Waals surface area contributed by atoms with Crippen LogP contribution in [0.3, 0.4) is 0 Å². The Labute approximate surface area is 199 Å². The Bertz CT molecular complexity index is 1200. The van der Waals surface area contributed by atoms with Crippen LogP contribution in [0.25, 0.3) is 0 Å². The van der Waals surface area contributed by atoms with Crippen molar-refractivity contribution in [2.45, 2.75) is 58.0 Å². The smallest absolute Gasteiger partial charge is 0.337 e. The molecule has 1 N–H and O–H groups in total. The van der Waals surface area contributed by atoms with Gasteiger partial charge in [-0.3, -0.25) is 4.79 Å². The largest absolute Gasteiger partial charge is 0.459 e. The van der Waals surface area contributed by atoms with Crippen molar-refractivity contribution in [3.05, 3.63) is 82.2 Å². The lowest BCUT2D eigenvalue weighted by atomic mass is 9.71. The summed E-state index contributed by atoms with van der Waals surface area (Å²) in [5.74, 6) is 0.509. The van der Waals surface area contributed by atoms with Gasteiger partial charge in [0, 0.05) is 29.3 Å². The number of rotatable bonds is 5. The van der Waals surface area contributed by atoms with Crippen LogP contribution in [0, 0.1) is 0 Å². The number of hydrogen-bond acceptors (Lipinski definition) is 6. The van der Waals surface area contributed by atoms with E-state index in [4.69, 9.17) is 14.2 Å². The van der Waals surface area contributed by atoms with Crippen LogP contribution in [-0.2, 0) is 14.3 Å². The summed E-state index contributed by atoms with van der Waals surface area (Å²) in [6, 6.07) is 15.8. The van der Waals surface area contributed by atoms with Gasteiger partial charge in [-0.05, 0) is 55.9 Å². The first-order chi connectivity index (χ1) is 16.5. The number of carbonyl (C=O) groups excluding carboxylic acids is 2. The molecule has 0 saturated heterocycles. The lowest BCUT2D eigenvalue weighted by molar-refractivity contribution is -0.144. The van der Waals surface area contributed by atoms with Crippen LogP contribution >= 0.6 is 0 Å². The number of allylic oxidation sites excluding steroid dienone is 3. The van der Waals surface area contributed by atoms with Crippen molar-refractivity contribution >= 4 is 11.8 Å². The maximum absolute atomic E-state index is 13.7. The van der Waals surface area contributed by atoms with Gasteiger partial charge in [0.15, 0.2) is 17.3 Å². The van der Waals surface area contributed by atoms with Crippen LogP contribution in [0.5, 0.6) is 11.5 Å². The molecule has 0 radical (unpaired) electrons. The zero-order chi connectivity index (χ0) is 23.8. The molecule has 6 nitrogen and oxygen atoms in total. The third-order valence-electron chi connectivity index (χ3n) is 6.93. The number of carbonyl (C=O) groups is 2. The van der Waals surface area contributed by atoms with Crippen LogP contribution in [0.1, 0.15) is 63.0 Å². The lowest BCUT2D eigenvalue weighted by Crippen LogP contribution is -2.36.